The largest absolute Gasteiger partial charge is 0.449 e. The van der Waals surface area contributed by atoms with Gasteiger partial charge in [0.05, 0.1) is 23.2 Å². The summed E-state index contributed by atoms with van der Waals surface area (Å²) in [7, 11) is 0. The Hall–Kier alpha value is -3.61. The van der Waals surface area contributed by atoms with Gasteiger partial charge in [0.2, 0.25) is 0 Å². The monoisotopic (exact) mass is 410 g/mol. The molecule has 7 heteroatoms. The van der Waals surface area contributed by atoms with Crippen LogP contribution in [0.15, 0.2) is 72.8 Å². The molecule has 4 aromatic rings. The Labute approximate surface area is 170 Å². The maximum atomic E-state index is 12.8. The van der Waals surface area contributed by atoms with Crippen molar-refractivity contribution in [3.63, 3.8) is 0 Å². The van der Waals surface area contributed by atoms with Gasteiger partial charge in [-0.05, 0) is 42.3 Å². The number of rotatable bonds is 3. The molecule has 0 spiro atoms. The number of halogens is 3. The van der Waals surface area contributed by atoms with E-state index >= 15 is 0 Å². The van der Waals surface area contributed by atoms with Crippen molar-refractivity contribution < 1.29 is 22.7 Å². The highest BCUT2D eigenvalue weighted by atomic mass is 19.4. The minimum absolute atomic E-state index is 0.234. The summed E-state index contributed by atoms with van der Waals surface area (Å²) in [6.45, 7) is 1.97. The summed E-state index contributed by atoms with van der Waals surface area (Å²) in [6, 6.07) is 19.4. The van der Waals surface area contributed by atoms with Gasteiger partial charge in [0.25, 0.3) is 0 Å². The Kier molecular flexibility index (Phi) is 5.03. The van der Waals surface area contributed by atoms with E-state index in [9.17, 15) is 18.0 Å². The van der Waals surface area contributed by atoms with Gasteiger partial charge in [0.15, 0.2) is 5.82 Å². The first-order valence-corrected chi connectivity index (χ1v) is 9.31. The summed E-state index contributed by atoms with van der Waals surface area (Å²) in [5, 5.41) is 0. The van der Waals surface area contributed by atoms with Crippen LogP contribution in [-0.4, -0.2) is 22.3 Å². The van der Waals surface area contributed by atoms with E-state index in [2.05, 4.69) is 4.98 Å². The molecule has 0 aliphatic rings. The van der Waals surface area contributed by atoms with E-state index in [0.29, 0.717) is 28.0 Å². The van der Waals surface area contributed by atoms with Crippen LogP contribution in [0.25, 0.3) is 33.5 Å². The van der Waals surface area contributed by atoms with Crippen molar-refractivity contribution >= 4 is 17.1 Å². The van der Waals surface area contributed by atoms with Gasteiger partial charge in [0, 0.05) is 5.56 Å². The molecule has 0 aliphatic heterocycles. The topological polar surface area (TPSA) is 44.1 Å². The number of carbonyl (C=O) groups excluding carboxylic acids is 1. The first kappa shape index (κ1) is 19.7. The van der Waals surface area contributed by atoms with Gasteiger partial charge >= 0.3 is 12.3 Å². The summed E-state index contributed by atoms with van der Waals surface area (Å²) in [5.74, 6) is 0.439. The summed E-state index contributed by atoms with van der Waals surface area (Å²) in [5.41, 5.74) is 2.71. The predicted molar refractivity (Wildman–Crippen MR) is 108 cm³/mol. The molecule has 0 N–H and O–H groups in total. The van der Waals surface area contributed by atoms with Crippen LogP contribution in [0.1, 0.15) is 12.5 Å². The fraction of sp³-hybridized carbons (Fsp3) is 0.130. The number of para-hydroxylation sites is 2. The van der Waals surface area contributed by atoms with E-state index in [4.69, 9.17) is 4.74 Å². The third kappa shape index (κ3) is 3.66. The first-order valence-electron chi connectivity index (χ1n) is 9.31. The fourth-order valence-electron chi connectivity index (χ4n) is 3.26. The van der Waals surface area contributed by atoms with Crippen molar-refractivity contribution in [1.29, 1.82) is 0 Å². The molecule has 4 rings (SSSR count). The average Bonchev–Trinajstić information content (AvgIpc) is 3.13. The Bertz CT molecular complexity index is 1190. The third-order valence-corrected chi connectivity index (χ3v) is 4.70. The van der Waals surface area contributed by atoms with Crippen molar-refractivity contribution in [3.8, 4) is 22.5 Å². The maximum Gasteiger partial charge on any atom is 0.420 e. The zero-order valence-corrected chi connectivity index (χ0v) is 16.0. The number of benzene rings is 3. The number of nitrogens with zero attached hydrogens (tertiary/aromatic N) is 2. The normalized spacial score (nSPS) is 11.6. The van der Waals surface area contributed by atoms with Gasteiger partial charge in [-0.1, -0.05) is 48.5 Å². The summed E-state index contributed by atoms with van der Waals surface area (Å²) in [6.07, 6.45) is -4.89. The van der Waals surface area contributed by atoms with Gasteiger partial charge < -0.3 is 4.74 Å². The molecule has 0 radical (unpaired) electrons. The molecule has 152 valence electrons. The van der Waals surface area contributed by atoms with E-state index in [1.54, 1.807) is 37.3 Å². The van der Waals surface area contributed by atoms with Crippen LogP contribution in [0.5, 0.6) is 0 Å². The van der Waals surface area contributed by atoms with Crippen LogP contribution in [-0.2, 0) is 10.9 Å². The maximum absolute atomic E-state index is 12.8. The first-order chi connectivity index (χ1) is 14.4. The lowest BCUT2D eigenvalue weighted by molar-refractivity contribution is -0.137. The van der Waals surface area contributed by atoms with Crippen molar-refractivity contribution in [2.75, 3.05) is 6.61 Å². The van der Waals surface area contributed by atoms with E-state index < -0.39 is 17.8 Å². The molecule has 4 nitrogen and oxygen atoms in total. The minimum Gasteiger partial charge on any atom is -0.449 e. The van der Waals surface area contributed by atoms with Gasteiger partial charge in [-0.2, -0.15) is 13.2 Å². The van der Waals surface area contributed by atoms with Crippen molar-refractivity contribution in [2.24, 2.45) is 0 Å². The van der Waals surface area contributed by atoms with E-state index in [1.165, 1.54) is 16.7 Å². The number of hydrogen-bond acceptors (Lipinski definition) is 3. The molecule has 0 saturated carbocycles. The Morgan fingerprint density at radius 2 is 1.47 bits per heavy atom. The minimum atomic E-state index is -4.37. The van der Waals surface area contributed by atoms with Gasteiger partial charge in [-0.3, -0.25) is 0 Å². The van der Waals surface area contributed by atoms with Gasteiger partial charge in [-0.25, -0.2) is 14.3 Å². The summed E-state index contributed by atoms with van der Waals surface area (Å²) in [4.78, 5) is 17.1. The number of alkyl halides is 3. The van der Waals surface area contributed by atoms with Crippen LogP contribution >= 0.6 is 0 Å². The number of hydrogen-bond donors (Lipinski definition) is 0. The molecule has 0 atom stereocenters. The molecule has 0 amide bonds. The second-order valence-electron chi connectivity index (χ2n) is 6.61. The van der Waals surface area contributed by atoms with Crippen LogP contribution in [0.2, 0.25) is 0 Å². The number of imidazole rings is 1. The lowest BCUT2D eigenvalue weighted by Crippen LogP contribution is -2.14. The zero-order chi connectivity index (χ0) is 21.3. The van der Waals surface area contributed by atoms with Crippen molar-refractivity contribution in [1.82, 2.24) is 9.55 Å². The van der Waals surface area contributed by atoms with Crippen LogP contribution < -0.4 is 0 Å². The molecule has 3 aromatic carbocycles. The highest BCUT2D eigenvalue weighted by molar-refractivity contribution is 5.92. The highest BCUT2D eigenvalue weighted by Gasteiger charge is 2.30. The zero-order valence-electron chi connectivity index (χ0n) is 16.0. The summed E-state index contributed by atoms with van der Waals surface area (Å²) < 4.78 is 44.9. The molecule has 0 fully saturated rings. The molecule has 0 saturated heterocycles. The summed E-state index contributed by atoms with van der Waals surface area (Å²) >= 11 is 0. The van der Waals surface area contributed by atoms with Crippen LogP contribution in [0.3, 0.4) is 0 Å². The number of aromatic nitrogens is 2. The van der Waals surface area contributed by atoms with Gasteiger partial charge in [-0.15, -0.1) is 0 Å². The molecule has 0 bridgehead atoms. The quantitative estimate of drug-likeness (QED) is 0.393. The average molecular weight is 410 g/mol. The predicted octanol–water partition coefficient (Wildman–Crippen LogP) is 6.39. The number of carbonyl (C=O) groups is 1. The fourth-order valence-corrected chi connectivity index (χ4v) is 3.26. The second kappa shape index (κ2) is 7.67. The molecule has 0 aliphatic carbocycles. The van der Waals surface area contributed by atoms with Crippen LogP contribution in [0, 0.1) is 0 Å². The lowest BCUT2D eigenvalue weighted by atomic mass is 10.0. The Morgan fingerprint density at radius 3 is 2.07 bits per heavy atom. The SMILES string of the molecule is CCOC(=O)n1c(-c2ccc(-c3ccc(C(F)(F)F)cc3)cc2)nc2ccccc21. The van der Waals surface area contributed by atoms with Crippen molar-refractivity contribution in [3.05, 3.63) is 78.4 Å². The van der Waals surface area contributed by atoms with Crippen molar-refractivity contribution in [2.45, 2.75) is 13.1 Å². The van der Waals surface area contributed by atoms with Gasteiger partial charge in [0.1, 0.15) is 0 Å². The Balaban J connectivity index is 1.72. The third-order valence-electron chi connectivity index (χ3n) is 4.70. The molecule has 1 aromatic heterocycles. The smallest absolute Gasteiger partial charge is 0.420 e. The molecular formula is C23H17F3N2O2. The highest BCUT2D eigenvalue weighted by Crippen LogP contribution is 2.32. The molecule has 0 unspecified atom stereocenters. The standard InChI is InChI=1S/C23H17F3N2O2/c1-2-30-22(29)28-20-6-4-3-5-19(20)27-21(28)17-9-7-15(8-10-17)16-11-13-18(14-12-16)23(24,25)26/h3-14H,2H2,1H3. The molecule has 1 heterocycles. The number of ether oxygens (including phenoxy) is 1. The van der Waals surface area contributed by atoms with E-state index in [0.717, 1.165) is 17.7 Å². The lowest BCUT2D eigenvalue weighted by Gasteiger charge is -2.10. The van der Waals surface area contributed by atoms with E-state index in [1.807, 2.05) is 18.2 Å². The molecular weight excluding hydrogens is 393 g/mol. The van der Waals surface area contributed by atoms with Crippen LogP contribution in [0.4, 0.5) is 18.0 Å². The Morgan fingerprint density at radius 1 is 0.900 bits per heavy atom. The van der Waals surface area contributed by atoms with E-state index in [-0.39, 0.29) is 6.61 Å². The number of fused-ring (bicyclic) bond motifs is 1. The molecule has 30 heavy (non-hydrogen) atoms. The second-order valence-corrected chi connectivity index (χ2v) is 6.61.